The van der Waals surface area contributed by atoms with Crippen molar-refractivity contribution in [3.8, 4) is 0 Å². The smallest absolute Gasteiger partial charge is 0.239 e. The highest BCUT2D eigenvalue weighted by atomic mass is 16.2. The van der Waals surface area contributed by atoms with Crippen LogP contribution in [0.25, 0.3) is 0 Å². The number of carbonyl (C=O) groups excluding carboxylic acids is 2. The quantitative estimate of drug-likeness (QED) is 0.678. The molecule has 0 saturated carbocycles. The molecule has 0 aliphatic carbocycles. The van der Waals surface area contributed by atoms with E-state index in [2.05, 4.69) is 22.0 Å². The molecule has 1 aliphatic rings. The van der Waals surface area contributed by atoms with E-state index in [0.29, 0.717) is 13.0 Å². The summed E-state index contributed by atoms with van der Waals surface area (Å²) in [4.78, 5) is 22.9. The second-order valence-electron chi connectivity index (χ2n) is 4.30. The van der Waals surface area contributed by atoms with Gasteiger partial charge in [0.2, 0.25) is 11.8 Å². The van der Waals surface area contributed by atoms with Crippen molar-refractivity contribution in [2.45, 2.75) is 19.0 Å². The topological polar surface area (TPSA) is 70.2 Å². The molecule has 3 N–H and O–H groups in total. The van der Waals surface area contributed by atoms with Crippen LogP contribution in [0, 0.1) is 0 Å². The molecule has 0 bridgehead atoms. The fraction of sp³-hybridized carbons (Fsp3) is 0.385. The maximum absolute atomic E-state index is 11.9. The van der Waals surface area contributed by atoms with Crippen LogP contribution in [0.2, 0.25) is 0 Å². The van der Waals surface area contributed by atoms with Gasteiger partial charge in [0.1, 0.15) is 0 Å². The molecular weight excluding hydrogens is 230 g/mol. The van der Waals surface area contributed by atoms with Crippen molar-refractivity contribution in [1.29, 1.82) is 0 Å². The summed E-state index contributed by atoms with van der Waals surface area (Å²) in [6, 6.07) is 7.80. The maximum Gasteiger partial charge on any atom is 0.239 e. The zero-order valence-electron chi connectivity index (χ0n) is 10.3. The Kier molecular flexibility index (Phi) is 3.94. The highest BCUT2D eigenvalue weighted by Gasteiger charge is 2.23. The van der Waals surface area contributed by atoms with Crippen molar-refractivity contribution in [1.82, 2.24) is 16.0 Å². The Balaban J connectivity index is 1.92. The second-order valence-corrected chi connectivity index (χ2v) is 4.30. The molecule has 1 aliphatic heterocycles. The number of hydrogen-bond acceptors (Lipinski definition) is 3. The number of amides is 2. The molecule has 2 amide bonds. The first-order chi connectivity index (χ1) is 8.70. The molecule has 1 heterocycles. The molecule has 0 fully saturated rings. The first-order valence-corrected chi connectivity index (χ1v) is 5.99. The van der Waals surface area contributed by atoms with Crippen LogP contribution in [0.5, 0.6) is 0 Å². The van der Waals surface area contributed by atoms with Crippen LogP contribution in [0.1, 0.15) is 11.1 Å². The van der Waals surface area contributed by atoms with Gasteiger partial charge in [-0.3, -0.25) is 9.59 Å². The minimum atomic E-state index is -0.260. The van der Waals surface area contributed by atoms with Crippen molar-refractivity contribution in [2.75, 3.05) is 13.6 Å². The normalized spacial score (nSPS) is 17.7. The molecule has 0 radical (unpaired) electrons. The molecule has 1 aromatic carbocycles. The number of fused-ring (bicyclic) bond motifs is 1. The lowest BCUT2D eigenvalue weighted by molar-refractivity contribution is -0.127. The zero-order chi connectivity index (χ0) is 13.0. The van der Waals surface area contributed by atoms with Gasteiger partial charge >= 0.3 is 0 Å². The van der Waals surface area contributed by atoms with E-state index in [0.717, 1.165) is 0 Å². The van der Waals surface area contributed by atoms with Gasteiger partial charge in [-0.1, -0.05) is 24.3 Å². The highest BCUT2D eigenvalue weighted by molar-refractivity contribution is 5.87. The lowest BCUT2D eigenvalue weighted by Gasteiger charge is -2.25. The second kappa shape index (κ2) is 5.64. The van der Waals surface area contributed by atoms with Gasteiger partial charge in [-0.05, 0) is 17.5 Å². The largest absolute Gasteiger partial charge is 0.358 e. The van der Waals surface area contributed by atoms with E-state index < -0.39 is 0 Å². The van der Waals surface area contributed by atoms with Gasteiger partial charge in [0, 0.05) is 13.6 Å². The summed E-state index contributed by atoms with van der Waals surface area (Å²) < 4.78 is 0. The molecule has 0 spiro atoms. The molecule has 0 saturated heterocycles. The number of nitrogens with one attached hydrogen (secondary N) is 3. The van der Waals surface area contributed by atoms with Crippen LogP contribution in [0.4, 0.5) is 0 Å². The van der Waals surface area contributed by atoms with E-state index in [1.807, 2.05) is 18.2 Å². The van der Waals surface area contributed by atoms with Crippen molar-refractivity contribution >= 4 is 11.8 Å². The number of benzene rings is 1. The molecule has 96 valence electrons. The van der Waals surface area contributed by atoms with Gasteiger partial charge in [0.25, 0.3) is 0 Å². The molecule has 0 aromatic heterocycles. The number of rotatable bonds is 3. The van der Waals surface area contributed by atoms with Gasteiger partial charge in [-0.2, -0.15) is 0 Å². The SMILES string of the molecule is CNC(=O)CNC(=O)[C@H]1Cc2ccccc2CN1. The molecule has 1 atom stereocenters. The molecule has 18 heavy (non-hydrogen) atoms. The van der Waals surface area contributed by atoms with Gasteiger partial charge in [-0.25, -0.2) is 0 Å². The van der Waals surface area contributed by atoms with Crippen molar-refractivity contribution in [2.24, 2.45) is 0 Å². The Bertz CT molecular complexity index is 459. The molecule has 5 nitrogen and oxygen atoms in total. The van der Waals surface area contributed by atoms with Crippen LogP contribution < -0.4 is 16.0 Å². The van der Waals surface area contributed by atoms with E-state index in [-0.39, 0.29) is 24.4 Å². The molecule has 0 unspecified atom stereocenters. The lowest BCUT2D eigenvalue weighted by Crippen LogP contribution is -2.49. The average Bonchev–Trinajstić information content (AvgIpc) is 2.43. The third-order valence-corrected chi connectivity index (χ3v) is 3.10. The molecule has 1 aromatic rings. The Hall–Kier alpha value is -1.88. The summed E-state index contributed by atoms with van der Waals surface area (Å²) in [5.74, 6) is -0.326. The Morgan fingerprint density at radius 2 is 2.06 bits per heavy atom. The van der Waals surface area contributed by atoms with Crippen molar-refractivity contribution in [3.05, 3.63) is 35.4 Å². The Morgan fingerprint density at radius 3 is 2.78 bits per heavy atom. The minimum Gasteiger partial charge on any atom is -0.358 e. The maximum atomic E-state index is 11.9. The summed E-state index contributed by atoms with van der Waals surface area (Å²) in [5.41, 5.74) is 2.42. The summed E-state index contributed by atoms with van der Waals surface area (Å²) >= 11 is 0. The van der Waals surface area contributed by atoms with Gasteiger partial charge in [-0.15, -0.1) is 0 Å². The first-order valence-electron chi connectivity index (χ1n) is 5.99. The lowest BCUT2D eigenvalue weighted by atomic mass is 9.95. The number of likely N-dealkylation sites (N-methyl/N-ethyl adjacent to an activating group) is 1. The third-order valence-electron chi connectivity index (χ3n) is 3.10. The predicted octanol–water partition coefficient (Wildman–Crippen LogP) is -0.437. The van der Waals surface area contributed by atoms with Gasteiger partial charge < -0.3 is 16.0 Å². The summed E-state index contributed by atoms with van der Waals surface area (Å²) in [7, 11) is 1.55. The Labute approximate surface area is 106 Å². The van der Waals surface area contributed by atoms with E-state index in [4.69, 9.17) is 0 Å². The summed E-state index contributed by atoms with van der Waals surface area (Å²) in [6.07, 6.45) is 0.662. The van der Waals surface area contributed by atoms with Crippen LogP contribution in [0.15, 0.2) is 24.3 Å². The van der Waals surface area contributed by atoms with Crippen LogP contribution >= 0.6 is 0 Å². The van der Waals surface area contributed by atoms with Crippen LogP contribution in [0.3, 0.4) is 0 Å². The minimum absolute atomic E-state index is 0.0230. The average molecular weight is 247 g/mol. The van der Waals surface area contributed by atoms with Crippen molar-refractivity contribution in [3.63, 3.8) is 0 Å². The molecule has 2 rings (SSSR count). The fourth-order valence-corrected chi connectivity index (χ4v) is 2.02. The molecular formula is C13H17N3O2. The van der Waals surface area contributed by atoms with Crippen LogP contribution in [-0.4, -0.2) is 31.4 Å². The summed E-state index contributed by atoms with van der Waals surface area (Å²) in [5, 5.41) is 8.26. The van der Waals surface area contributed by atoms with E-state index in [1.165, 1.54) is 11.1 Å². The zero-order valence-corrected chi connectivity index (χ0v) is 10.3. The van der Waals surface area contributed by atoms with E-state index >= 15 is 0 Å². The Morgan fingerprint density at radius 1 is 1.33 bits per heavy atom. The summed E-state index contributed by atoms with van der Waals surface area (Å²) in [6.45, 7) is 0.712. The van der Waals surface area contributed by atoms with Gasteiger partial charge in [0.15, 0.2) is 0 Å². The monoisotopic (exact) mass is 247 g/mol. The van der Waals surface area contributed by atoms with E-state index in [1.54, 1.807) is 7.05 Å². The fourth-order valence-electron chi connectivity index (χ4n) is 2.02. The van der Waals surface area contributed by atoms with E-state index in [9.17, 15) is 9.59 Å². The highest BCUT2D eigenvalue weighted by Crippen LogP contribution is 2.16. The number of hydrogen-bond donors (Lipinski definition) is 3. The molecule has 5 heteroatoms. The van der Waals surface area contributed by atoms with Crippen molar-refractivity contribution < 1.29 is 9.59 Å². The predicted molar refractivity (Wildman–Crippen MR) is 67.9 cm³/mol. The van der Waals surface area contributed by atoms with Crippen LogP contribution in [-0.2, 0) is 22.6 Å². The number of carbonyl (C=O) groups is 2. The third kappa shape index (κ3) is 2.87. The first kappa shape index (κ1) is 12.6. The standard InChI is InChI=1S/C13H17N3O2/c1-14-12(17)8-16-13(18)11-6-9-4-2-3-5-10(9)7-15-11/h2-5,11,15H,6-8H2,1H3,(H,14,17)(H,16,18)/t11-/m1/s1. The van der Waals surface area contributed by atoms with Gasteiger partial charge in [0.05, 0.1) is 12.6 Å².